The molecule has 3 N–H and O–H groups in total. The lowest BCUT2D eigenvalue weighted by atomic mass is 9.94. The first-order chi connectivity index (χ1) is 14.5. The van der Waals surface area contributed by atoms with Gasteiger partial charge in [-0.25, -0.2) is 4.79 Å². The van der Waals surface area contributed by atoms with Crippen LogP contribution < -0.4 is 30.2 Å². The van der Waals surface area contributed by atoms with Crippen LogP contribution in [0.25, 0.3) is 0 Å². The summed E-state index contributed by atoms with van der Waals surface area (Å²) < 4.78 is 16.3. The number of methoxy groups -OCH3 is 2. The smallest absolute Gasteiger partial charge is 0.319 e. The second-order valence-corrected chi connectivity index (χ2v) is 6.56. The lowest BCUT2D eigenvalue weighted by Gasteiger charge is -2.29. The molecule has 158 valence electrons. The average molecular weight is 411 g/mol. The minimum atomic E-state index is -0.709. The van der Waals surface area contributed by atoms with Gasteiger partial charge in [-0.3, -0.25) is 4.79 Å². The minimum Gasteiger partial charge on any atom is -0.497 e. The number of carbonyl (C=O) groups excluding carboxylic acids is 2. The highest BCUT2D eigenvalue weighted by molar-refractivity contribution is 6.07. The van der Waals surface area contributed by atoms with Crippen molar-refractivity contribution in [1.82, 2.24) is 10.6 Å². The Balaban J connectivity index is 2.00. The maximum atomic E-state index is 13.3. The first-order valence-electron chi connectivity index (χ1n) is 9.51. The van der Waals surface area contributed by atoms with Crippen LogP contribution in [0.4, 0.5) is 10.5 Å². The van der Waals surface area contributed by atoms with E-state index in [2.05, 4.69) is 16.0 Å². The van der Waals surface area contributed by atoms with Crippen LogP contribution in [0, 0.1) is 0 Å². The first kappa shape index (κ1) is 21.0. The van der Waals surface area contributed by atoms with Crippen LogP contribution in [0.1, 0.15) is 25.5 Å². The van der Waals surface area contributed by atoms with E-state index in [1.807, 2.05) is 19.1 Å². The van der Waals surface area contributed by atoms with Crippen LogP contribution in [0.2, 0.25) is 0 Å². The van der Waals surface area contributed by atoms with Gasteiger partial charge in [-0.2, -0.15) is 0 Å². The summed E-state index contributed by atoms with van der Waals surface area (Å²) in [5.74, 6) is 1.30. The van der Waals surface area contributed by atoms with Crippen molar-refractivity contribution in [3.63, 3.8) is 0 Å². The maximum absolute atomic E-state index is 13.3. The molecule has 1 heterocycles. The maximum Gasteiger partial charge on any atom is 0.319 e. The Morgan fingerprint density at radius 2 is 1.87 bits per heavy atom. The van der Waals surface area contributed by atoms with Crippen molar-refractivity contribution in [3.8, 4) is 17.2 Å². The molecule has 8 nitrogen and oxygen atoms in total. The Labute approximate surface area is 175 Å². The number of benzene rings is 2. The number of hydrogen-bond donors (Lipinski definition) is 3. The molecule has 1 aliphatic heterocycles. The van der Waals surface area contributed by atoms with Crippen LogP contribution in [0.3, 0.4) is 0 Å². The molecule has 2 aromatic carbocycles. The van der Waals surface area contributed by atoms with Crippen LogP contribution in [0.15, 0.2) is 53.7 Å². The van der Waals surface area contributed by atoms with Crippen LogP contribution in [-0.4, -0.2) is 32.8 Å². The molecule has 0 aromatic heterocycles. The molecule has 3 amide bonds. The molecule has 0 fully saturated rings. The van der Waals surface area contributed by atoms with E-state index in [0.29, 0.717) is 46.4 Å². The normalized spacial score (nSPS) is 15.7. The molecule has 0 bridgehead atoms. The number of anilines is 1. The van der Waals surface area contributed by atoms with Crippen LogP contribution >= 0.6 is 0 Å². The molecule has 0 saturated heterocycles. The number of para-hydroxylation sites is 2. The molecule has 0 saturated carbocycles. The molecule has 1 unspecified atom stereocenters. The lowest BCUT2D eigenvalue weighted by molar-refractivity contribution is -0.113. The molecule has 0 aliphatic carbocycles. The monoisotopic (exact) mass is 411 g/mol. The molecule has 0 spiro atoms. The van der Waals surface area contributed by atoms with Gasteiger partial charge in [0.25, 0.3) is 5.91 Å². The van der Waals surface area contributed by atoms with E-state index in [0.717, 1.165) is 0 Å². The predicted octanol–water partition coefficient (Wildman–Crippen LogP) is 3.37. The van der Waals surface area contributed by atoms with Gasteiger partial charge in [0.05, 0.1) is 38.1 Å². The summed E-state index contributed by atoms with van der Waals surface area (Å²) in [5.41, 5.74) is 2.00. The van der Waals surface area contributed by atoms with E-state index in [9.17, 15) is 9.59 Å². The number of hydrogen-bond acceptors (Lipinski definition) is 5. The van der Waals surface area contributed by atoms with Gasteiger partial charge in [0.15, 0.2) is 0 Å². The van der Waals surface area contributed by atoms with E-state index < -0.39 is 12.1 Å². The summed E-state index contributed by atoms with van der Waals surface area (Å²) in [7, 11) is 3.08. The van der Waals surface area contributed by atoms with E-state index in [1.54, 1.807) is 44.4 Å². The number of nitrogens with one attached hydrogen (secondary N) is 3. The number of ether oxygens (including phenoxy) is 3. The quantitative estimate of drug-likeness (QED) is 0.649. The molecule has 3 rings (SSSR count). The number of rotatable bonds is 7. The van der Waals surface area contributed by atoms with E-state index in [4.69, 9.17) is 14.2 Å². The standard InChI is InChI=1S/C22H25N3O5/c1-5-30-17-9-7-6-8-16(17)24-21(26)19-13(2)23-22(27)25-20(19)15-11-10-14(28-3)12-18(15)29-4/h6-12,20H,5H2,1-4H3,(H,24,26)(H2,23,25,27). The zero-order valence-electron chi connectivity index (χ0n) is 17.4. The third kappa shape index (κ3) is 4.32. The van der Waals surface area contributed by atoms with Crippen LogP contribution in [0.5, 0.6) is 17.2 Å². The summed E-state index contributed by atoms with van der Waals surface area (Å²) >= 11 is 0. The molecule has 0 radical (unpaired) electrons. The summed E-state index contributed by atoms with van der Waals surface area (Å²) in [4.78, 5) is 25.4. The van der Waals surface area contributed by atoms with E-state index in [-0.39, 0.29) is 5.91 Å². The Kier molecular flexibility index (Phi) is 6.46. The summed E-state index contributed by atoms with van der Waals surface area (Å²) in [5, 5.41) is 8.37. The van der Waals surface area contributed by atoms with Gasteiger partial charge < -0.3 is 30.2 Å². The molecule has 8 heteroatoms. The fourth-order valence-electron chi connectivity index (χ4n) is 3.33. The van der Waals surface area contributed by atoms with Gasteiger partial charge >= 0.3 is 6.03 Å². The van der Waals surface area contributed by atoms with Gasteiger partial charge in [0.1, 0.15) is 17.2 Å². The topological polar surface area (TPSA) is 97.9 Å². The fraction of sp³-hybridized carbons (Fsp3) is 0.273. The highest BCUT2D eigenvalue weighted by Crippen LogP contribution is 2.36. The zero-order chi connectivity index (χ0) is 21.7. The highest BCUT2D eigenvalue weighted by atomic mass is 16.5. The Hall–Kier alpha value is -3.68. The molecule has 2 aromatic rings. The van der Waals surface area contributed by atoms with Gasteiger partial charge in [0, 0.05) is 17.3 Å². The van der Waals surface area contributed by atoms with E-state index >= 15 is 0 Å². The van der Waals surface area contributed by atoms with Crippen molar-refractivity contribution in [2.24, 2.45) is 0 Å². The zero-order valence-corrected chi connectivity index (χ0v) is 17.4. The highest BCUT2D eigenvalue weighted by Gasteiger charge is 2.33. The van der Waals surface area contributed by atoms with Gasteiger partial charge in [-0.1, -0.05) is 12.1 Å². The summed E-state index contributed by atoms with van der Waals surface area (Å²) in [6, 6.07) is 11.3. The Morgan fingerprint density at radius 3 is 2.57 bits per heavy atom. The molecule has 1 atom stereocenters. The number of urea groups is 1. The number of amides is 3. The van der Waals surface area contributed by atoms with E-state index in [1.165, 1.54) is 7.11 Å². The summed E-state index contributed by atoms with van der Waals surface area (Å²) in [6.07, 6.45) is 0. The third-order valence-corrected chi connectivity index (χ3v) is 4.70. The van der Waals surface area contributed by atoms with Crippen molar-refractivity contribution >= 4 is 17.6 Å². The van der Waals surface area contributed by atoms with Gasteiger partial charge in [-0.05, 0) is 38.1 Å². The second kappa shape index (κ2) is 9.21. The fourth-order valence-corrected chi connectivity index (χ4v) is 3.33. The predicted molar refractivity (Wildman–Crippen MR) is 113 cm³/mol. The number of carbonyl (C=O) groups is 2. The Bertz CT molecular complexity index is 986. The number of allylic oxidation sites excluding steroid dienone is 1. The van der Waals surface area contributed by atoms with Gasteiger partial charge in [-0.15, -0.1) is 0 Å². The lowest BCUT2D eigenvalue weighted by Crippen LogP contribution is -2.46. The minimum absolute atomic E-state index is 0.365. The third-order valence-electron chi connectivity index (χ3n) is 4.70. The largest absolute Gasteiger partial charge is 0.497 e. The van der Waals surface area contributed by atoms with Crippen molar-refractivity contribution < 1.29 is 23.8 Å². The summed E-state index contributed by atoms with van der Waals surface area (Å²) in [6.45, 7) is 4.03. The van der Waals surface area contributed by atoms with Crippen molar-refractivity contribution in [2.75, 3.05) is 26.1 Å². The molecule has 1 aliphatic rings. The van der Waals surface area contributed by atoms with Crippen molar-refractivity contribution in [2.45, 2.75) is 19.9 Å². The molecular formula is C22H25N3O5. The second-order valence-electron chi connectivity index (χ2n) is 6.56. The first-order valence-corrected chi connectivity index (χ1v) is 9.51. The van der Waals surface area contributed by atoms with Crippen LogP contribution in [-0.2, 0) is 4.79 Å². The Morgan fingerprint density at radius 1 is 1.10 bits per heavy atom. The average Bonchev–Trinajstić information content (AvgIpc) is 2.74. The SMILES string of the molecule is CCOc1ccccc1NC(=O)C1=C(C)NC(=O)NC1c1ccc(OC)cc1OC. The van der Waals surface area contributed by atoms with Crippen molar-refractivity contribution in [1.29, 1.82) is 0 Å². The molecule has 30 heavy (non-hydrogen) atoms. The van der Waals surface area contributed by atoms with Gasteiger partial charge in [0.2, 0.25) is 0 Å². The van der Waals surface area contributed by atoms with Crippen molar-refractivity contribution in [3.05, 3.63) is 59.3 Å². The molecular weight excluding hydrogens is 386 g/mol.